The number of anilines is 2. The molecular weight excluding hydrogens is 490 g/mol. The molecular formula is C26H35N7O3S. The Kier molecular flexibility index (Phi) is 7.09. The van der Waals surface area contributed by atoms with E-state index in [1.54, 1.807) is 34.9 Å². The van der Waals surface area contributed by atoms with E-state index in [0.717, 1.165) is 49.1 Å². The van der Waals surface area contributed by atoms with E-state index in [9.17, 15) is 13.2 Å². The normalized spacial score (nSPS) is 20.6. The minimum Gasteiger partial charge on any atom is -0.375 e. The average Bonchev–Trinajstić information content (AvgIpc) is 3.37. The van der Waals surface area contributed by atoms with E-state index < -0.39 is 10.0 Å². The Balaban J connectivity index is 1.20. The molecule has 11 heteroatoms. The quantitative estimate of drug-likeness (QED) is 0.433. The fraction of sp³-hybridized carbons (Fsp3) is 0.500. The number of piperidine rings is 2. The number of hydrogen-bond acceptors (Lipinski definition) is 7. The molecule has 2 aliphatic heterocycles. The molecule has 0 spiro atoms. The number of carbonyl (C=O) groups is 1. The second-order valence-corrected chi connectivity index (χ2v) is 12.6. The molecule has 2 fully saturated rings. The van der Waals surface area contributed by atoms with Crippen LogP contribution in [-0.4, -0.2) is 72.3 Å². The lowest BCUT2D eigenvalue weighted by molar-refractivity contribution is -0.120. The number of rotatable bonds is 7. The van der Waals surface area contributed by atoms with Gasteiger partial charge in [-0.15, -0.1) is 0 Å². The summed E-state index contributed by atoms with van der Waals surface area (Å²) in [5.74, 6) is 0.691. The summed E-state index contributed by atoms with van der Waals surface area (Å²) in [6.45, 7) is 6.86. The highest BCUT2D eigenvalue weighted by Gasteiger charge is 2.34. The molecule has 198 valence electrons. The first kappa shape index (κ1) is 25.5. The summed E-state index contributed by atoms with van der Waals surface area (Å²) in [4.78, 5) is 27.1. The van der Waals surface area contributed by atoms with Crippen LogP contribution in [0, 0.1) is 5.41 Å². The van der Waals surface area contributed by atoms with Gasteiger partial charge in [0.1, 0.15) is 22.7 Å². The van der Waals surface area contributed by atoms with Crippen molar-refractivity contribution in [2.24, 2.45) is 5.41 Å². The van der Waals surface area contributed by atoms with E-state index >= 15 is 0 Å². The van der Waals surface area contributed by atoms with Crippen molar-refractivity contribution >= 4 is 38.5 Å². The minimum atomic E-state index is -3.65. The summed E-state index contributed by atoms with van der Waals surface area (Å²) in [6.07, 6.45) is 6.86. The highest BCUT2D eigenvalue weighted by molar-refractivity contribution is 7.89. The number of H-pyrrole nitrogens is 1. The Morgan fingerprint density at radius 3 is 2.73 bits per heavy atom. The van der Waals surface area contributed by atoms with Crippen molar-refractivity contribution in [3.63, 3.8) is 0 Å². The maximum Gasteiger partial charge on any atom is 0.245 e. The van der Waals surface area contributed by atoms with Crippen molar-refractivity contribution in [2.45, 2.75) is 50.5 Å². The molecule has 1 atom stereocenters. The number of benzene rings is 1. The molecule has 0 radical (unpaired) electrons. The summed E-state index contributed by atoms with van der Waals surface area (Å²) in [5.41, 5.74) is 1.39. The summed E-state index contributed by atoms with van der Waals surface area (Å²) in [6, 6.07) is 8.76. The lowest BCUT2D eigenvalue weighted by atomic mass is 9.83. The third-order valence-electron chi connectivity index (χ3n) is 7.44. The first-order chi connectivity index (χ1) is 17.7. The van der Waals surface area contributed by atoms with Crippen molar-refractivity contribution < 1.29 is 13.2 Å². The van der Waals surface area contributed by atoms with Gasteiger partial charge in [0.2, 0.25) is 15.9 Å². The van der Waals surface area contributed by atoms with Crippen LogP contribution in [0.15, 0.2) is 47.8 Å². The first-order valence-corrected chi connectivity index (χ1v) is 14.3. The fourth-order valence-corrected chi connectivity index (χ4v) is 6.77. The van der Waals surface area contributed by atoms with Gasteiger partial charge >= 0.3 is 0 Å². The van der Waals surface area contributed by atoms with Crippen LogP contribution in [0.4, 0.5) is 11.5 Å². The number of aromatic amines is 1. The van der Waals surface area contributed by atoms with Gasteiger partial charge < -0.3 is 20.5 Å². The zero-order valence-electron chi connectivity index (χ0n) is 21.4. The number of fused-ring (bicyclic) bond motifs is 1. The molecule has 1 aromatic carbocycles. The van der Waals surface area contributed by atoms with E-state index in [1.165, 1.54) is 0 Å². The summed E-state index contributed by atoms with van der Waals surface area (Å²) in [5, 5.41) is 7.14. The van der Waals surface area contributed by atoms with Gasteiger partial charge in [0.15, 0.2) is 0 Å². The third kappa shape index (κ3) is 5.57. The standard InChI is InChI=1S/C26H35N7O3S/c1-26(2)10-14-33(15-11-26)37(35,36)22-8-4-3-7-21(22)28-16-23(34)31-19-6-5-13-32(17-19)25-20-9-12-27-24(20)29-18-30-25/h3-4,7-9,12,18-19,28H,5-6,10-11,13-17H2,1-2H3,(H,31,34)(H,27,29,30)/t19-/m1/s1. The minimum absolute atomic E-state index is 0.00831. The lowest BCUT2D eigenvalue weighted by Crippen LogP contribution is -2.49. The van der Waals surface area contributed by atoms with Crippen molar-refractivity contribution in [3.8, 4) is 0 Å². The molecule has 1 amide bonds. The smallest absolute Gasteiger partial charge is 0.245 e. The number of carbonyl (C=O) groups excluding carboxylic acids is 1. The van der Waals surface area contributed by atoms with Crippen LogP contribution in [0.1, 0.15) is 39.5 Å². The second-order valence-electron chi connectivity index (χ2n) is 10.7. The highest BCUT2D eigenvalue weighted by Crippen LogP contribution is 2.34. The summed E-state index contributed by atoms with van der Waals surface area (Å²) < 4.78 is 28.3. The van der Waals surface area contributed by atoms with E-state index in [2.05, 4.69) is 44.3 Å². The van der Waals surface area contributed by atoms with E-state index in [-0.39, 0.29) is 28.8 Å². The van der Waals surface area contributed by atoms with Crippen molar-refractivity contribution in [1.82, 2.24) is 24.6 Å². The zero-order valence-corrected chi connectivity index (χ0v) is 22.2. The number of amides is 1. The Labute approximate surface area is 217 Å². The van der Waals surface area contributed by atoms with Gasteiger partial charge in [-0.2, -0.15) is 4.31 Å². The average molecular weight is 526 g/mol. The molecule has 2 saturated heterocycles. The van der Waals surface area contributed by atoms with Gasteiger partial charge in [0, 0.05) is 38.4 Å². The molecule has 2 aromatic heterocycles. The third-order valence-corrected chi connectivity index (χ3v) is 9.40. The molecule has 2 aliphatic rings. The molecule has 0 aliphatic carbocycles. The van der Waals surface area contributed by atoms with Crippen LogP contribution in [-0.2, 0) is 14.8 Å². The monoisotopic (exact) mass is 525 g/mol. The molecule has 3 N–H and O–H groups in total. The molecule has 3 aromatic rings. The number of sulfonamides is 1. The predicted octanol–water partition coefficient (Wildman–Crippen LogP) is 2.97. The Morgan fingerprint density at radius 1 is 1.14 bits per heavy atom. The highest BCUT2D eigenvalue weighted by atomic mass is 32.2. The van der Waals surface area contributed by atoms with Gasteiger partial charge in [0.25, 0.3) is 0 Å². The predicted molar refractivity (Wildman–Crippen MR) is 144 cm³/mol. The van der Waals surface area contributed by atoms with Crippen LogP contribution < -0.4 is 15.5 Å². The maximum absolute atomic E-state index is 13.4. The molecule has 37 heavy (non-hydrogen) atoms. The van der Waals surface area contributed by atoms with Crippen LogP contribution >= 0.6 is 0 Å². The molecule has 4 heterocycles. The Morgan fingerprint density at radius 2 is 1.92 bits per heavy atom. The van der Waals surface area contributed by atoms with Crippen molar-refractivity contribution in [2.75, 3.05) is 42.9 Å². The number of nitrogens with one attached hydrogen (secondary N) is 3. The van der Waals surface area contributed by atoms with E-state index in [1.807, 2.05) is 12.3 Å². The van der Waals surface area contributed by atoms with Crippen LogP contribution in [0.3, 0.4) is 0 Å². The fourth-order valence-electron chi connectivity index (χ4n) is 5.16. The summed E-state index contributed by atoms with van der Waals surface area (Å²) in [7, 11) is -3.65. The van der Waals surface area contributed by atoms with Gasteiger partial charge in [-0.3, -0.25) is 4.79 Å². The largest absolute Gasteiger partial charge is 0.375 e. The number of aromatic nitrogens is 3. The van der Waals surface area contributed by atoms with Crippen molar-refractivity contribution in [1.29, 1.82) is 0 Å². The van der Waals surface area contributed by atoms with E-state index in [0.29, 0.717) is 25.3 Å². The number of hydrogen-bond donors (Lipinski definition) is 3. The van der Waals surface area contributed by atoms with Gasteiger partial charge in [0.05, 0.1) is 17.6 Å². The van der Waals surface area contributed by atoms with E-state index in [4.69, 9.17) is 0 Å². The molecule has 0 bridgehead atoms. The molecule has 5 rings (SSSR count). The Bertz CT molecular complexity index is 1360. The number of para-hydroxylation sites is 1. The van der Waals surface area contributed by atoms with Crippen LogP contribution in [0.25, 0.3) is 11.0 Å². The van der Waals surface area contributed by atoms with Gasteiger partial charge in [-0.1, -0.05) is 26.0 Å². The second kappa shape index (κ2) is 10.3. The van der Waals surface area contributed by atoms with Crippen LogP contribution in [0.5, 0.6) is 0 Å². The molecule has 0 unspecified atom stereocenters. The first-order valence-electron chi connectivity index (χ1n) is 12.9. The number of nitrogens with zero attached hydrogens (tertiary/aromatic N) is 4. The summed E-state index contributed by atoms with van der Waals surface area (Å²) >= 11 is 0. The SMILES string of the molecule is CC1(C)CCN(S(=O)(=O)c2ccccc2NCC(=O)N[C@@H]2CCCN(c3ncnc4[nH]ccc34)C2)CC1. The maximum atomic E-state index is 13.4. The zero-order chi connectivity index (χ0) is 26.0. The van der Waals surface area contributed by atoms with Crippen LogP contribution in [0.2, 0.25) is 0 Å². The molecule has 10 nitrogen and oxygen atoms in total. The van der Waals surface area contributed by atoms with Gasteiger partial charge in [-0.25, -0.2) is 18.4 Å². The lowest BCUT2D eigenvalue weighted by Gasteiger charge is -2.36. The van der Waals surface area contributed by atoms with Gasteiger partial charge in [-0.05, 0) is 49.3 Å². The topological polar surface area (TPSA) is 123 Å². The Hall–Kier alpha value is -3.18. The van der Waals surface area contributed by atoms with Crippen molar-refractivity contribution in [3.05, 3.63) is 42.9 Å². The molecule has 0 saturated carbocycles.